The SMILES string of the molecule is O=CC1NCc2ccccc2O1. The molecule has 0 amide bonds. The number of hydrogen-bond acceptors (Lipinski definition) is 3. The highest BCUT2D eigenvalue weighted by Gasteiger charge is 2.16. The monoisotopic (exact) mass is 163 g/mol. The zero-order chi connectivity index (χ0) is 8.39. The highest BCUT2D eigenvalue weighted by atomic mass is 16.5. The van der Waals surface area contributed by atoms with E-state index < -0.39 is 6.23 Å². The molecule has 0 spiro atoms. The lowest BCUT2D eigenvalue weighted by Gasteiger charge is -2.22. The Morgan fingerprint density at radius 3 is 3.17 bits per heavy atom. The maximum absolute atomic E-state index is 10.4. The molecule has 3 heteroatoms. The Morgan fingerprint density at radius 1 is 1.50 bits per heavy atom. The van der Waals surface area contributed by atoms with E-state index >= 15 is 0 Å². The standard InChI is InChI=1S/C9H9NO2/c11-6-9-10-5-7-3-1-2-4-8(7)12-9/h1-4,6,9-10H,5H2. The third-order valence-electron chi connectivity index (χ3n) is 1.84. The van der Waals surface area contributed by atoms with E-state index in [4.69, 9.17) is 4.74 Å². The summed E-state index contributed by atoms with van der Waals surface area (Å²) in [6.07, 6.45) is 0.274. The zero-order valence-corrected chi connectivity index (χ0v) is 6.49. The van der Waals surface area contributed by atoms with E-state index in [9.17, 15) is 4.79 Å². The van der Waals surface area contributed by atoms with Crippen molar-refractivity contribution in [2.45, 2.75) is 12.8 Å². The Kier molecular flexibility index (Phi) is 1.80. The molecule has 0 saturated carbocycles. The van der Waals surface area contributed by atoms with E-state index in [0.717, 1.165) is 17.6 Å². The zero-order valence-electron chi connectivity index (χ0n) is 6.49. The molecule has 0 aromatic heterocycles. The van der Waals surface area contributed by atoms with Gasteiger partial charge in [-0.2, -0.15) is 0 Å². The van der Waals surface area contributed by atoms with Crippen molar-refractivity contribution in [3.8, 4) is 5.75 Å². The number of ether oxygens (including phenoxy) is 1. The summed E-state index contributed by atoms with van der Waals surface area (Å²) in [4.78, 5) is 10.4. The van der Waals surface area contributed by atoms with Crippen molar-refractivity contribution >= 4 is 6.29 Å². The van der Waals surface area contributed by atoms with Gasteiger partial charge in [0.2, 0.25) is 6.23 Å². The molecule has 0 bridgehead atoms. The summed E-state index contributed by atoms with van der Waals surface area (Å²) >= 11 is 0. The Morgan fingerprint density at radius 2 is 2.33 bits per heavy atom. The number of carbonyl (C=O) groups is 1. The van der Waals surface area contributed by atoms with Gasteiger partial charge in [-0.3, -0.25) is 10.1 Å². The molecule has 1 aromatic rings. The number of hydrogen-bond donors (Lipinski definition) is 1. The minimum Gasteiger partial charge on any atom is -0.468 e. The molecule has 1 unspecified atom stereocenters. The van der Waals surface area contributed by atoms with Gasteiger partial charge < -0.3 is 4.74 Å². The van der Waals surface area contributed by atoms with Gasteiger partial charge in [0.1, 0.15) is 5.75 Å². The van der Waals surface area contributed by atoms with E-state index in [1.165, 1.54) is 0 Å². The molecular weight excluding hydrogens is 154 g/mol. The van der Waals surface area contributed by atoms with Gasteiger partial charge in [0.05, 0.1) is 0 Å². The smallest absolute Gasteiger partial charge is 0.206 e. The van der Waals surface area contributed by atoms with Gasteiger partial charge in [-0.05, 0) is 6.07 Å². The molecule has 2 rings (SSSR count). The van der Waals surface area contributed by atoms with Crippen LogP contribution in [-0.4, -0.2) is 12.5 Å². The average Bonchev–Trinajstić information content (AvgIpc) is 2.17. The molecule has 0 saturated heterocycles. The van der Waals surface area contributed by atoms with Crippen LogP contribution in [0.5, 0.6) is 5.75 Å². The normalized spacial score (nSPS) is 20.8. The number of nitrogens with one attached hydrogen (secondary N) is 1. The molecule has 12 heavy (non-hydrogen) atoms. The fraction of sp³-hybridized carbons (Fsp3) is 0.222. The largest absolute Gasteiger partial charge is 0.468 e. The molecule has 0 aliphatic carbocycles. The first-order valence-electron chi connectivity index (χ1n) is 3.83. The first-order chi connectivity index (χ1) is 5.90. The number of para-hydroxylation sites is 1. The number of rotatable bonds is 1. The molecule has 1 atom stereocenters. The lowest BCUT2D eigenvalue weighted by Crippen LogP contribution is -2.39. The average molecular weight is 163 g/mol. The second-order valence-electron chi connectivity index (χ2n) is 2.66. The van der Waals surface area contributed by atoms with Crippen LogP contribution in [-0.2, 0) is 11.3 Å². The fourth-order valence-corrected chi connectivity index (χ4v) is 1.23. The minimum atomic E-state index is -0.486. The highest BCUT2D eigenvalue weighted by molar-refractivity contribution is 5.57. The van der Waals surface area contributed by atoms with Crippen LogP contribution in [0.4, 0.5) is 0 Å². The summed E-state index contributed by atoms with van der Waals surface area (Å²) in [5.41, 5.74) is 1.09. The molecule has 1 heterocycles. The predicted molar refractivity (Wildman–Crippen MR) is 43.8 cm³/mol. The Labute approximate surface area is 70.3 Å². The van der Waals surface area contributed by atoms with Crippen molar-refractivity contribution in [1.29, 1.82) is 0 Å². The van der Waals surface area contributed by atoms with Crippen LogP contribution in [0.25, 0.3) is 0 Å². The van der Waals surface area contributed by atoms with Crippen molar-refractivity contribution in [2.75, 3.05) is 0 Å². The van der Waals surface area contributed by atoms with Gasteiger partial charge >= 0.3 is 0 Å². The van der Waals surface area contributed by atoms with Gasteiger partial charge in [-0.15, -0.1) is 0 Å². The van der Waals surface area contributed by atoms with Gasteiger partial charge in [-0.1, -0.05) is 18.2 Å². The lowest BCUT2D eigenvalue weighted by atomic mass is 10.2. The second kappa shape index (κ2) is 2.95. The summed E-state index contributed by atoms with van der Waals surface area (Å²) in [6, 6.07) is 7.69. The van der Waals surface area contributed by atoms with Crippen molar-refractivity contribution in [2.24, 2.45) is 0 Å². The van der Waals surface area contributed by atoms with E-state index in [1.54, 1.807) is 0 Å². The topological polar surface area (TPSA) is 38.3 Å². The van der Waals surface area contributed by atoms with Crippen LogP contribution in [0.3, 0.4) is 0 Å². The van der Waals surface area contributed by atoms with Crippen LogP contribution in [0.1, 0.15) is 5.56 Å². The number of benzene rings is 1. The predicted octanol–water partition coefficient (Wildman–Crippen LogP) is 0.694. The summed E-state index contributed by atoms with van der Waals surface area (Å²) in [5, 5.41) is 2.93. The fourth-order valence-electron chi connectivity index (χ4n) is 1.23. The molecule has 1 aliphatic rings. The third kappa shape index (κ3) is 1.19. The van der Waals surface area contributed by atoms with Gasteiger partial charge in [-0.25, -0.2) is 0 Å². The highest BCUT2D eigenvalue weighted by Crippen LogP contribution is 2.21. The van der Waals surface area contributed by atoms with Crippen molar-refractivity contribution in [3.05, 3.63) is 29.8 Å². The molecule has 3 nitrogen and oxygen atoms in total. The van der Waals surface area contributed by atoms with Crippen LogP contribution in [0, 0.1) is 0 Å². The molecule has 0 radical (unpaired) electrons. The van der Waals surface area contributed by atoms with Crippen LogP contribution >= 0.6 is 0 Å². The van der Waals surface area contributed by atoms with Crippen molar-refractivity contribution < 1.29 is 9.53 Å². The summed E-state index contributed by atoms with van der Waals surface area (Å²) < 4.78 is 5.30. The van der Waals surface area contributed by atoms with E-state index in [0.29, 0.717) is 6.54 Å². The van der Waals surface area contributed by atoms with Crippen molar-refractivity contribution in [1.82, 2.24) is 5.32 Å². The lowest BCUT2D eigenvalue weighted by molar-refractivity contribution is -0.115. The Bertz CT molecular complexity index is 298. The Hall–Kier alpha value is -1.35. The first kappa shape index (κ1) is 7.31. The molecule has 62 valence electrons. The van der Waals surface area contributed by atoms with Gasteiger partial charge in [0.25, 0.3) is 0 Å². The summed E-state index contributed by atoms with van der Waals surface area (Å²) in [6.45, 7) is 0.694. The van der Waals surface area contributed by atoms with Crippen LogP contribution < -0.4 is 10.1 Å². The molecule has 1 aromatic carbocycles. The maximum Gasteiger partial charge on any atom is 0.206 e. The number of carbonyl (C=O) groups excluding carboxylic acids is 1. The number of fused-ring (bicyclic) bond motifs is 1. The summed E-state index contributed by atoms with van der Waals surface area (Å²) in [5.74, 6) is 0.799. The maximum atomic E-state index is 10.4. The molecule has 1 N–H and O–H groups in total. The van der Waals surface area contributed by atoms with Crippen LogP contribution in [0.15, 0.2) is 24.3 Å². The van der Waals surface area contributed by atoms with Gasteiger partial charge in [0.15, 0.2) is 6.29 Å². The minimum absolute atomic E-state index is 0.486. The quantitative estimate of drug-likeness (QED) is 0.619. The van der Waals surface area contributed by atoms with E-state index in [2.05, 4.69) is 5.32 Å². The third-order valence-corrected chi connectivity index (χ3v) is 1.84. The summed E-state index contributed by atoms with van der Waals surface area (Å²) in [7, 11) is 0. The van der Waals surface area contributed by atoms with E-state index in [1.807, 2.05) is 24.3 Å². The van der Waals surface area contributed by atoms with Crippen molar-refractivity contribution in [3.63, 3.8) is 0 Å². The molecule has 0 fully saturated rings. The molecular formula is C9H9NO2. The first-order valence-corrected chi connectivity index (χ1v) is 3.83. The Balaban J connectivity index is 2.28. The van der Waals surface area contributed by atoms with Gasteiger partial charge in [0, 0.05) is 12.1 Å². The second-order valence-corrected chi connectivity index (χ2v) is 2.66. The molecule has 1 aliphatic heterocycles. The number of aldehydes is 1. The van der Waals surface area contributed by atoms with E-state index in [-0.39, 0.29) is 0 Å². The van der Waals surface area contributed by atoms with Crippen LogP contribution in [0.2, 0.25) is 0 Å².